The molecular formula is C10H10O6. The van der Waals surface area contributed by atoms with E-state index in [0.29, 0.717) is 0 Å². The fraction of sp³-hybridized carbons (Fsp3) is 0.200. The van der Waals surface area contributed by atoms with Gasteiger partial charge in [0.1, 0.15) is 11.5 Å². The number of phenols is 1. The molecule has 1 rings (SSSR count). The predicted molar refractivity (Wildman–Crippen MR) is 52.6 cm³/mol. The number of rotatable bonds is 5. The van der Waals surface area contributed by atoms with Gasteiger partial charge in [-0.15, -0.1) is 0 Å². The first-order chi connectivity index (χ1) is 7.49. The van der Waals surface area contributed by atoms with E-state index in [1.807, 2.05) is 0 Å². The minimum Gasteiger partial charge on any atom is -0.508 e. The number of ether oxygens (including phenoxy) is 1. The van der Waals surface area contributed by atoms with Crippen LogP contribution in [0.2, 0.25) is 0 Å². The zero-order chi connectivity index (χ0) is 12.1. The van der Waals surface area contributed by atoms with Crippen LogP contribution in [0.15, 0.2) is 18.2 Å². The number of carboxylic acids is 2. The molecule has 0 aliphatic rings. The number of aliphatic carboxylic acids is 2. The second-order valence-corrected chi connectivity index (χ2v) is 3.04. The van der Waals surface area contributed by atoms with Crippen LogP contribution in [0, 0.1) is 0 Å². The molecule has 0 spiro atoms. The summed E-state index contributed by atoms with van der Waals surface area (Å²) in [4.78, 5) is 20.8. The molecule has 1 aromatic carbocycles. The summed E-state index contributed by atoms with van der Waals surface area (Å²) in [5.74, 6) is -2.21. The van der Waals surface area contributed by atoms with Gasteiger partial charge < -0.3 is 20.1 Å². The van der Waals surface area contributed by atoms with Gasteiger partial charge in [0.2, 0.25) is 0 Å². The van der Waals surface area contributed by atoms with E-state index in [2.05, 4.69) is 0 Å². The smallest absolute Gasteiger partial charge is 0.341 e. The number of carboxylic acid groups (broad SMARTS) is 2. The number of carbonyl (C=O) groups is 2. The third-order valence-electron chi connectivity index (χ3n) is 1.74. The Kier molecular flexibility index (Phi) is 3.71. The highest BCUT2D eigenvalue weighted by Crippen LogP contribution is 2.24. The van der Waals surface area contributed by atoms with E-state index in [4.69, 9.17) is 20.1 Å². The van der Waals surface area contributed by atoms with Crippen LogP contribution >= 0.6 is 0 Å². The number of aromatic hydroxyl groups is 1. The zero-order valence-electron chi connectivity index (χ0n) is 8.21. The average Bonchev–Trinajstić information content (AvgIpc) is 2.15. The lowest BCUT2D eigenvalue weighted by Gasteiger charge is -2.08. The van der Waals surface area contributed by atoms with Crippen molar-refractivity contribution in [2.24, 2.45) is 0 Å². The second kappa shape index (κ2) is 5.01. The van der Waals surface area contributed by atoms with Gasteiger partial charge in [-0.05, 0) is 18.2 Å². The fourth-order valence-electron chi connectivity index (χ4n) is 1.15. The van der Waals surface area contributed by atoms with Gasteiger partial charge in [0.25, 0.3) is 0 Å². The molecule has 0 atom stereocenters. The summed E-state index contributed by atoms with van der Waals surface area (Å²) in [5, 5.41) is 26.2. The topological polar surface area (TPSA) is 104 Å². The standard InChI is InChI=1S/C10H10O6/c11-7-1-2-8(16-5-10(14)15)6(3-7)4-9(12)13/h1-3,11H,4-5H2,(H,12,13)(H,14,15). The van der Waals surface area contributed by atoms with Crippen LogP contribution in [0.4, 0.5) is 0 Å². The first-order valence-corrected chi connectivity index (χ1v) is 4.37. The van der Waals surface area contributed by atoms with Gasteiger partial charge in [-0.2, -0.15) is 0 Å². The van der Waals surface area contributed by atoms with Crippen molar-refractivity contribution in [2.45, 2.75) is 6.42 Å². The van der Waals surface area contributed by atoms with Crippen LogP contribution < -0.4 is 4.74 Å². The van der Waals surface area contributed by atoms with Crippen molar-refractivity contribution in [1.82, 2.24) is 0 Å². The van der Waals surface area contributed by atoms with Gasteiger partial charge in [0.05, 0.1) is 6.42 Å². The minimum absolute atomic E-state index is 0.0982. The molecule has 6 heteroatoms. The van der Waals surface area contributed by atoms with Crippen LogP contribution in [0.1, 0.15) is 5.56 Å². The van der Waals surface area contributed by atoms with Crippen molar-refractivity contribution in [3.63, 3.8) is 0 Å². The van der Waals surface area contributed by atoms with Crippen LogP contribution in [-0.2, 0) is 16.0 Å². The summed E-state index contributed by atoms with van der Waals surface area (Å²) < 4.78 is 4.88. The van der Waals surface area contributed by atoms with Crippen LogP contribution in [0.5, 0.6) is 11.5 Å². The summed E-state index contributed by atoms with van der Waals surface area (Å²) in [6.07, 6.45) is -0.344. The van der Waals surface area contributed by atoms with Gasteiger partial charge in [0.15, 0.2) is 6.61 Å². The lowest BCUT2D eigenvalue weighted by atomic mass is 10.1. The molecule has 0 saturated carbocycles. The monoisotopic (exact) mass is 226 g/mol. The van der Waals surface area contributed by atoms with Gasteiger partial charge in [-0.25, -0.2) is 4.79 Å². The van der Waals surface area contributed by atoms with E-state index in [0.717, 1.165) is 0 Å². The van der Waals surface area contributed by atoms with Crippen molar-refractivity contribution >= 4 is 11.9 Å². The Morgan fingerprint density at radius 2 is 1.88 bits per heavy atom. The molecule has 16 heavy (non-hydrogen) atoms. The van der Waals surface area contributed by atoms with Crippen LogP contribution in [-0.4, -0.2) is 33.9 Å². The van der Waals surface area contributed by atoms with E-state index in [1.54, 1.807) is 0 Å². The van der Waals surface area contributed by atoms with Crippen molar-refractivity contribution in [3.8, 4) is 11.5 Å². The molecule has 0 aliphatic heterocycles. The largest absolute Gasteiger partial charge is 0.508 e. The molecule has 3 N–H and O–H groups in total. The van der Waals surface area contributed by atoms with Gasteiger partial charge in [0, 0.05) is 5.56 Å². The second-order valence-electron chi connectivity index (χ2n) is 3.04. The molecule has 6 nitrogen and oxygen atoms in total. The number of hydrogen-bond donors (Lipinski definition) is 3. The maximum absolute atomic E-state index is 10.5. The summed E-state index contributed by atoms with van der Waals surface area (Å²) in [7, 11) is 0. The Bertz CT molecular complexity index is 412. The summed E-state index contributed by atoms with van der Waals surface area (Å²) in [5.41, 5.74) is 0.230. The molecule has 0 aliphatic carbocycles. The van der Waals surface area contributed by atoms with Crippen molar-refractivity contribution in [1.29, 1.82) is 0 Å². The lowest BCUT2D eigenvalue weighted by molar-refractivity contribution is -0.139. The fourth-order valence-corrected chi connectivity index (χ4v) is 1.15. The Hall–Kier alpha value is -2.24. The third-order valence-corrected chi connectivity index (χ3v) is 1.74. The lowest BCUT2D eigenvalue weighted by Crippen LogP contribution is -2.11. The molecule has 0 saturated heterocycles. The van der Waals surface area contributed by atoms with Crippen molar-refractivity contribution in [3.05, 3.63) is 23.8 Å². The normalized spacial score (nSPS) is 9.75. The number of hydrogen-bond acceptors (Lipinski definition) is 4. The molecule has 0 heterocycles. The van der Waals surface area contributed by atoms with Crippen LogP contribution in [0.3, 0.4) is 0 Å². The molecular weight excluding hydrogens is 216 g/mol. The molecule has 86 valence electrons. The molecule has 0 fully saturated rings. The Morgan fingerprint density at radius 1 is 1.19 bits per heavy atom. The molecule has 0 unspecified atom stereocenters. The van der Waals surface area contributed by atoms with E-state index >= 15 is 0 Å². The first kappa shape index (κ1) is 11.8. The van der Waals surface area contributed by atoms with Crippen LogP contribution in [0.25, 0.3) is 0 Å². The molecule has 0 radical (unpaired) electrons. The maximum Gasteiger partial charge on any atom is 0.341 e. The van der Waals surface area contributed by atoms with E-state index in [-0.39, 0.29) is 23.5 Å². The van der Waals surface area contributed by atoms with E-state index in [1.165, 1.54) is 18.2 Å². The highest BCUT2D eigenvalue weighted by atomic mass is 16.5. The zero-order valence-corrected chi connectivity index (χ0v) is 8.21. The summed E-state index contributed by atoms with van der Waals surface area (Å²) in [6.45, 7) is -0.558. The minimum atomic E-state index is -1.16. The molecule has 1 aromatic rings. The Labute approximate surface area is 90.7 Å². The molecule has 0 aromatic heterocycles. The van der Waals surface area contributed by atoms with Gasteiger partial charge in [-0.1, -0.05) is 0 Å². The highest BCUT2D eigenvalue weighted by molar-refractivity contribution is 5.72. The number of benzene rings is 1. The summed E-state index contributed by atoms with van der Waals surface area (Å²) >= 11 is 0. The first-order valence-electron chi connectivity index (χ1n) is 4.37. The van der Waals surface area contributed by atoms with E-state index in [9.17, 15) is 9.59 Å². The number of phenolic OH excluding ortho intramolecular Hbond substituents is 1. The SMILES string of the molecule is O=C(O)COc1ccc(O)cc1CC(=O)O. The Balaban J connectivity index is 2.88. The third kappa shape index (κ3) is 3.49. The average molecular weight is 226 g/mol. The quantitative estimate of drug-likeness (QED) is 0.674. The predicted octanol–water partition coefficient (Wildman–Crippen LogP) is 0.483. The van der Waals surface area contributed by atoms with Crippen molar-refractivity contribution < 1.29 is 29.6 Å². The van der Waals surface area contributed by atoms with Gasteiger partial charge >= 0.3 is 11.9 Å². The highest BCUT2D eigenvalue weighted by Gasteiger charge is 2.10. The molecule has 0 amide bonds. The van der Waals surface area contributed by atoms with Crippen molar-refractivity contribution in [2.75, 3.05) is 6.61 Å². The Morgan fingerprint density at radius 3 is 2.44 bits per heavy atom. The maximum atomic E-state index is 10.5. The van der Waals surface area contributed by atoms with E-state index < -0.39 is 18.5 Å². The van der Waals surface area contributed by atoms with Gasteiger partial charge in [-0.3, -0.25) is 4.79 Å². The summed E-state index contributed by atoms with van der Waals surface area (Å²) in [6, 6.07) is 3.85. The molecule has 0 bridgehead atoms.